The summed E-state index contributed by atoms with van der Waals surface area (Å²) in [7, 11) is 2.66. The highest BCUT2D eigenvalue weighted by Crippen LogP contribution is 2.34. The molecule has 0 aliphatic heterocycles. The highest BCUT2D eigenvalue weighted by molar-refractivity contribution is 5.94. The van der Waals surface area contributed by atoms with Crippen molar-refractivity contribution in [3.05, 3.63) is 225 Å². The second kappa shape index (κ2) is 23.6. The normalized spacial score (nSPS) is 11.8. The Balaban J connectivity index is 0.000000181. The van der Waals surface area contributed by atoms with E-state index in [2.05, 4.69) is 24.5 Å². The Hall–Kier alpha value is -10.2. The van der Waals surface area contributed by atoms with E-state index in [-0.39, 0.29) is 54.8 Å². The molecule has 1 saturated carbocycles. The second-order valence-electron chi connectivity index (χ2n) is 18.8. The number of pyridine rings is 2. The Morgan fingerprint density at radius 1 is 0.575 bits per heavy atom. The number of ether oxygens (including phenoxy) is 4. The van der Waals surface area contributed by atoms with Crippen molar-refractivity contribution < 1.29 is 46.1 Å². The van der Waals surface area contributed by atoms with Gasteiger partial charge in [-0.05, 0) is 115 Å². The van der Waals surface area contributed by atoms with Crippen molar-refractivity contribution in [1.29, 1.82) is 10.5 Å². The third kappa shape index (κ3) is 12.3. The summed E-state index contributed by atoms with van der Waals surface area (Å²) >= 11 is 0. The van der Waals surface area contributed by atoms with Crippen molar-refractivity contribution in [2.24, 2.45) is 5.92 Å². The quantitative estimate of drug-likeness (QED) is 0.0712. The van der Waals surface area contributed by atoms with Crippen LogP contribution in [0, 0.1) is 51.8 Å². The Bertz CT molecular complexity index is 4090. The molecule has 0 amide bonds. The van der Waals surface area contributed by atoms with Gasteiger partial charge in [-0.1, -0.05) is 48.5 Å². The molecule has 1 fully saturated rings. The average molecular weight is 1080 g/mol. The maximum atomic E-state index is 15.5. The molecule has 0 unspecified atom stereocenters. The fourth-order valence-corrected chi connectivity index (χ4v) is 8.84. The molecule has 1 aliphatic carbocycles. The Morgan fingerprint density at radius 2 is 1.09 bits per heavy atom. The predicted molar refractivity (Wildman–Crippen MR) is 287 cm³/mol. The summed E-state index contributed by atoms with van der Waals surface area (Å²) in [5.41, 5.74) is 7.83. The lowest BCUT2D eigenvalue weighted by Gasteiger charge is -2.11. The topological polar surface area (TPSA) is 191 Å². The minimum absolute atomic E-state index is 0.0652. The number of aromatic amines is 1. The third-order valence-corrected chi connectivity index (χ3v) is 13.3. The lowest BCUT2D eigenvalue weighted by Crippen LogP contribution is -2.08. The largest absolute Gasteiger partial charge is 0.473 e. The number of methoxy groups -OCH3 is 2. The number of nitriles is 2. The first-order valence-electron chi connectivity index (χ1n) is 25.1. The lowest BCUT2D eigenvalue weighted by molar-refractivity contribution is 0.0592. The molecule has 14 nitrogen and oxygen atoms in total. The van der Waals surface area contributed by atoms with Crippen molar-refractivity contribution in [1.82, 2.24) is 29.5 Å². The average Bonchev–Trinajstić information content (AvgIpc) is 4.14. The zero-order valence-corrected chi connectivity index (χ0v) is 43.0. The van der Waals surface area contributed by atoms with Crippen LogP contribution in [0.2, 0.25) is 0 Å². The molecular formula is C62H46F4N8O6. The number of imidazole rings is 2. The summed E-state index contributed by atoms with van der Waals surface area (Å²) in [5.74, 6) is -0.395. The number of nitrogens with zero attached hydrogens (tertiary/aromatic N) is 7. The standard InChI is InChI=1S/C33H26F2N4O3.C29H20F2N4O3/c1-41-33(40)24-11-12-29-30(15-24)39(18-20-5-6-20)31(37-29)16-22-9-10-23(14-27(22)35)28-3-2-4-32(38-28)42-19-25-8-7-21(17-36)13-26(25)34;1-37-29(36)20-9-10-25-26(13-20)34-27(33-25)14-18-7-8-19(12-23(18)31)24-3-2-4-28(35-24)38-16-21-6-5-17(15-32)11-22(21)30/h2-4,7-15,20H,5-6,16,18-19H2,1H3;2-13H,14,16H2,1H3,(H,33,34). The van der Waals surface area contributed by atoms with Crippen LogP contribution < -0.4 is 9.47 Å². The zero-order valence-electron chi connectivity index (χ0n) is 43.0. The molecule has 0 bridgehead atoms. The molecular weight excluding hydrogens is 1030 g/mol. The first kappa shape index (κ1) is 53.2. The van der Waals surface area contributed by atoms with Gasteiger partial charge in [-0.15, -0.1) is 0 Å². The van der Waals surface area contributed by atoms with E-state index in [9.17, 15) is 18.4 Å². The third-order valence-electron chi connectivity index (χ3n) is 13.3. The van der Waals surface area contributed by atoms with Crippen LogP contribution >= 0.6 is 0 Å². The lowest BCUT2D eigenvalue weighted by atomic mass is 10.1. The molecule has 4 heterocycles. The first-order chi connectivity index (χ1) is 38.8. The molecule has 11 rings (SSSR count). The summed E-state index contributed by atoms with van der Waals surface area (Å²) < 4.78 is 81.9. The van der Waals surface area contributed by atoms with E-state index < -0.39 is 29.4 Å². The molecule has 18 heteroatoms. The molecule has 398 valence electrons. The van der Waals surface area contributed by atoms with E-state index in [0.717, 1.165) is 48.4 Å². The van der Waals surface area contributed by atoms with E-state index in [1.807, 2.05) is 12.1 Å². The monoisotopic (exact) mass is 1070 g/mol. The molecule has 4 aromatic heterocycles. The second-order valence-corrected chi connectivity index (χ2v) is 18.8. The van der Waals surface area contributed by atoms with Gasteiger partial charge in [0.25, 0.3) is 0 Å². The number of fused-ring (bicyclic) bond motifs is 2. The number of carbonyl (C=O) groups is 2. The highest BCUT2D eigenvalue weighted by Gasteiger charge is 2.25. The summed E-state index contributed by atoms with van der Waals surface area (Å²) in [6.07, 6.45) is 2.78. The Labute approximate surface area is 455 Å². The number of rotatable bonds is 16. The van der Waals surface area contributed by atoms with Crippen molar-refractivity contribution >= 4 is 34.0 Å². The number of benzene rings is 6. The molecule has 10 aromatic rings. The number of esters is 2. The molecule has 0 spiro atoms. The number of hydrogen-bond acceptors (Lipinski definition) is 12. The van der Waals surface area contributed by atoms with Crippen LogP contribution in [-0.4, -0.2) is 55.6 Å². The van der Waals surface area contributed by atoms with Crippen molar-refractivity contribution in [2.75, 3.05) is 14.2 Å². The van der Waals surface area contributed by atoms with Gasteiger partial charge in [-0.2, -0.15) is 10.5 Å². The van der Waals surface area contributed by atoms with Crippen molar-refractivity contribution in [2.45, 2.75) is 45.4 Å². The molecule has 80 heavy (non-hydrogen) atoms. The number of nitrogens with one attached hydrogen (secondary N) is 1. The number of halogens is 4. The molecule has 6 aromatic carbocycles. The predicted octanol–water partition coefficient (Wildman–Crippen LogP) is 12.3. The summed E-state index contributed by atoms with van der Waals surface area (Å²) in [4.78, 5) is 45.2. The first-order valence-corrected chi connectivity index (χ1v) is 25.1. The van der Waals surface area contributed by atoms with E-state index in [1.165, 1.54) is 50.6 Å². The van der Waals surface area contributed by atoms with Crippen LogP contribution in [0.4, 0.5) is 17.6 Å². The van der Waals surface area contributed by atoms with Crippen LogP contribution in [0.25, 0.3) is 44.6 Å². The van der Waals surface area contributed by atoms with Gasteiger partial charge in [-0.3, -0.25) is 0 Å². The molecule has 1 aliphatic rings. The van der Waals surface area contributed by atoms with E-state index in [1.54, 1.807) is 97.1 Å². The minimum Gasteiger partial charge on any atom is -0.473 e. The number of H-pyrrole nitrogens is 1. The van der Waals surface area contributed by atoms with Crippen molar-refractivity contribution in [3.63, 3.8) is 0 Å². The molecule has 0 radical (unpaired) electrons. The fraction of sp³-hybridized carbons (Fsp3) is 0.161. The number of carbonyl (C=O) groups excluding carboxylic acids is 2. The van der Waals surface area contributed by atoms with E-state index >= 15 is 8.78 Å². The Kier molecular flexibility index (Phi) is 15.7. The Morgan fingerprint density at radius 3 is 1.60 bits per heavy atom. The fourth-order valence-electron chi connectivity index (χ4n) is 8.84. The summed E-state index contributed by atoms with van der Waals surface area (Å²) in [6, 6.07) is 42.3. The SMILES string of the molecule is COC(=O)c1ccc2nc(Cc3ccc(-c4cccc(OCc5ccc(C#N)cc5F)n4)cc3F)[nH]c2c1.COC(=O)c1ccc2nc(Cc3ccc(-c4cccc(OCc5ccc(C#N)cc5F)n4)cc3F)n(CC3CC3)c2c1. The smallest absolute Gasteiger partial charge is 0.337 e. The van der Waals surface area contributed by atoms with Crippen molar-refractivity contribution in [3.8, 4) is 46.4 Å². The highest BCUT2D eigenvalue weighted by atomic mass is 19.1. The van der Waals surface area contributed by atoms with Gasteiger partial charge in [-0.25, -0.2) is 47.1 Å². The minimum atomic E-state index is -0.536. The van der Waals surface area contributed by atoms with Crippen LogP contribution in [0.3, 0.4) is 0 Å². The summed E-state index contributed by atoms with van der Waals surface area (Å²) in [6.45, 7) is 0.628. The van der Waals surface area contributed by atoms with Crippen LogP contribution in [-0.2, 0) is 42.1 Å². The summed E-state index contributed by atoms with van der Waals surface area (Å²) in [5, 5.41) is 17.8. The number of aromatic nitrogens is 6. The zero-order chi connectivity index (χ0) is 55.9. The molecule has 1 N–H and O–H groups in total. The van der Waals surface area contributed by atoms with Crippen LogP contribution in [0.5, 0.6) is 11.8 Å². The van der Waals surface area contributed by atoms with Gasteiger partial charge in [0, 0.05) is 53.8 Å². The number of hydrogen-bond donors (Lipinski definition) is 1. The van der Waals surface area contributed by atoms with Gasteiger partial charge in [0.05, 0.1) is 82.1 Å². The maximum absolute atomic E-state index is 15.5. The van der Waals surface area contributed by atoms with Gasteiger partial charge < -0.3 is 28.5 Å². The van der Waals surface area contributed by atoms with E-state index in [0.29, 0.717) is 78.7 Å². The molecule has 0 saturated heterocycles. The maximum Gasteiger partial charge on any atom is 0.337 e. The van der Waals surface area contributed by atoms with Gasteiger partial charge in [0.2, 0.25) is 11.8 Å². The van der Waals surface area contributed by atoms with Crippen LogP contribution in [0.15, 0.2) is 146 Å². The van der Waals surface area contributed by atoms with Gasteiger partial charge >= 0.3 is 11.9 Å². The van der Waals surface area contributed by atoms with E-state index in [4.69, 9.17) is 34.5 Å². The van der Waals surface area contributed by atoms with Gasteiger partial charge in [0.1, 0.15) is 48.1 Å². The van der Waals surface area contributed by atoms with Crippen LogP contribution in [0.1, 0.15) is 78.6 Å². The molecule has 0 atom stereocenters. The van der Waals surface area contributed by atoms with Gasteiger partial charge in [0.15, 0.2) is 0 Å².